The SMILES string of the molecule is O=C(COC(=O)COc1ccc2ccccc2c1)NCc1ccccc1Cl. The standard InChI is InChI=1S/C21H18ClNO4/c22-19-8-4-3-7-17(19)12-23-20(24)13-27-21(25)14-26-18-10-9-15-5-1-2-6-16(15)11-18/h1-11H,12-14H2,(H,23,24). The van der Waals surface area contributed by atoms with Crippen molar-refractivity contribution >= 4 is 34.2 Å². The Morgan fingerprint density at radius 3 is 2.44 bits per heavy atom. The van der Waals surface area contributed by atoms with Crippen LogP contribution in [0.3, 0.4) is 0 Å². The zero-order valence-corrected chi connectivity index (χ0v) is 15.2. The first-order valence-electron chi connectivity index (χ1n) is 8.39. The van der Waals surface area contributed by atoms with E-state index in [-0.39, 0.29) is 19.8 Å². The molecule has 0 radical (unpaired) electrons. The third-order valence-corrected chi connectivity index (χ3v) is 4.24. The number of carbonyl (C=O) groups excluding carboxylic acids is 2. The molecule has 0 aliphatic rings. The number of amides is 1. The molecule has 0 unspecified atom stereocenters. The van der Waals surface area contributed by atoms with Crippen molar-refractivity contribution in [2.75, 3.05) is 13.2 Å². The molecule has 0 saturated carbocycles. The van der Waals surface area contributed by atoms with Gasteiger partial charge in [-0.15, -0.1) is 0 Å². The lowest BCUT2D eigenvalue weighted by Gasteiger charge is -2.09. The summed E-state index contributed by atoms with van der Waals surface area (Å²) in [5.74, 6) is -0.459. The maximum absolute atomic E-state index is 11.8. The second kappa shape index (κ2) is 9.05. The number of benzene rings is 3. The van der Waals surface area contributed by atoms with Crippen LogP contribution in [0, 0.1) is 0 Å². The average Bonchev–Trinajstić information content (AvgIpc) is 2.70. The summed E-state index contributed by atoms with van der Waals surface area (Å²) in [4.78, 5) is 23.5. The number of rotatable bonds is 7. The van der Waals surface area contributed by atoms with Crippen molar-refractivity contribution in [3.8, 4) is 5.75 Å². The summed E-state index contributed by atoms with van der Waals surface area (Å²) in [7, 11) is 0. The molecule has 27 heavy (non-hydrogen) atoms. The van der Waals surface area contributed by atoms with Crippen LogP contribution in [-0.2, 0) is 20.9 Å². The molecule has 0 bridgehead atoms. The van der Waals surface area contributed by atoms with Gasteiger partial charge in [-0.25, -0.2) is 4.79 Å². The number of ether oxygens (including phenoxy) is 2. The summed E-state index contributed by atoms with van der Waals surface area (Å²) in [6, 6.07) is 20.6. The fraction of sp³-hybridized carbons (Fsp3) is 0.143. The van der Waals surface area contributed by atoms with Gasteiger partial charge in [0.1, 0.15) is 5.75 Å². The molecule has 0 saturated heterocycles. The van der Waals surface area contributed by atoms with Crippen LogP contribution in [0.15, 0.2) is 66.7 Å². The summed E-state index contributed by atoms with van der Waals surface area (Å²) in [6.45, 7) is -0.371. The van der Waals surface area contributed by atoms with Gasteiger partial charge in [0, 0.05) is 11.6 Å². The van der Waals surface area contributed by atoms with E-state index in [1.807, 2.05) is 54.6 Å². The van der Waals surface area contributed by atoms with E-state index in [2.05, 4.69) is 5.32 Å². The van der Waals surface area contributed by atoms with E-state index in [0.717, 1.165) is 16.3 Å². The van der Waals surface area contributed by atoms with E-state index < -0.39 is 11.9 Å². The van der Waals surface area contributed by atoms with Crippen LogP contribution in [-0.4, -0.2) is 25.1 Å². The summed E-state index contributed by atoms with van der Waals surface area (Å²) in [5, 5.41) is 5.32. The number of esters is 1. The minimum Gasteiger partial charge on any atom is -0.482 e. The molecule has 138 valence electrons. The van der Waals surface area contributed by atoms with E-state index in [0.29, 0.717) is 10.8 Å². The Bertz CT molecular complexity index is 958. The van der Waals surface area contributed by atoms with Crippen LogP contribution in [0.2, 0.25) is 5.02 Å². The van der Waals surface area contributed by atoms with Crippen molar-refractivity contribution in [3.63, 3.8) is 0 Å². The van der Waals surface area contributed by atoms with Crippen molar-refractivity contribution in [1.29, 1.82) is 0 Å². The highest BCUT2D eigenvalue weighted by atomic mass is 35.5. The quantitative estimate of drug-likeness (QED) is 0.631. The summed E-state index contributed by atoms with van der Waals surface area (Å²) in [6.07, 6.45) is 0. The minimum atomic E-state index is -0.615. The van der Waals surface area contributed by atoms with Crippen LogP contribution in [0.5, 0.6) is 5.75 Å². The first kappa shape index (κ1) is 18.7. The van der Waals surface area contributed by atoms with Crippen molar-refractivity contribution < 1.29 is 19.1 Å². The monoisotopic (exact) mass is 383 g/mol. The van der Waals surface area contributed by atoms with Gasteiger partial charge in [-0.05, 0) is 34.5 Å². The lowest BCUT2D eigenvalue weighted by atomic mass is 10.1. The fourth-order valence-electron chi connectivity index (χ4n) is 2.47. The van der Waals surface area contributed by atoms with E-state index >= 15 is 0 Å². The summed E-state index contributed by atoms with van der Waals surface area (Å²) < 4.78 is 10.4. The Balaban J connectivity index is 1.41. The van der Waals surface area contributed by atoms with Crippen molar-refractivity contribution in [2.45, 2.75) is 6.54 Å². The Morgan fingerprint density at radius 1 is 0.889 bits per heavy atom. The fourth-order valence-corrected chi connectivity index (χ4v) is 2.68. The first-order valence-corrected chi connectivity index (χ1v) is 8.77. The Labute approximate surface area is 161 Å². The predicted octanol–water partition coefficient (Wildman–Crippen LogP) is 3.73. The molecule has 0 aromatic heterocycles. The molecule has 1 amide bonds. The Kier molecular flexibility index (Phi) is 6.28. The zero-order valence-electron chi connectivity index (χ0n) is 14.5. The molecule has 0 spiro atoms. The third kappa shape index (κ3) is 5.46. The maximum atomic E-state index is 11.8. The van der Waals surface area contributed by atoms with Crippen molar-refractivity contribution in [2.24, 2.45) is 0 Å². The zero-order chi connectivity index (χ0) is 19.1. The van der Waals surface area contributed by atoms with Crippen LogP contribution in [0.1, 0.15) is 5.56 Å². The number of halogens is 1. The van der Waals surface area contributed by atoms with E-state index in [1.54, 1.807) is 12.1 Å². The second-order valence-corrected chi connectivity index (χ2v) is 6.23. The van der Waals surface area contributed by atoms with Crippen molar-refractivity contribution in [3.05, 3.63) is 77.3 Å². The van der Waals surface area contributed by atoms with Gasteiger partial charge in [0.2, 0.25) is 0 Å². The lowest BCUT2D eigenvalue weighted by molar-refractivity contribution is -0.150. The Hall–Kier alpha value is -3.05. The van der Waals surface area contributed by atoms with Gasteiger partial charge in [0.05, 0.1) is 0 Å². The molecule has 0 aliphatic carbocycles. The largest absolute Gasteiger partial charge is 0.482 e. The molecule has 0 fully saturated rings. The molecule has 3 rings (SSSR count). The molecule has 0 aliphatic heterocycles. The number of fused-ring (bicyclic) bond motifs is 1. The molecular weight excluding hydrogens is 366 g/mol. The van der Waals surface area contributed by atoms with Gasteiger partial charge in [0.15, 0.2) is 13.2 Å². The highest BCUT2D eigenvalue weighted by Gasteiger charge is 2.09. The molecular formula is C21H18ClNO4. The number of nitrogens with one attached hydrogen (secondary N) is 1. The third-order valence-electron chi connectivity index (χ3n) is 3.88. The molecule has 0 atom stereocenters. The molecule has 0 heterocycles. The lowest BCUT2D eigenvalue weighted by Crippen LogP contribution is -2.29. The van der Waals surface area contributed by atoms with Crippen LogP contribution < -0.4 is 10.1 Å². The van der Waals surface area contributed by atoms with Gasteiger partial charge < -0.3 is 14.8 Å². The number of hydrogen-bond donors (Lipinski definition) is 1. The van der Waals surface area contributed by atoms with Gasteiger partial charge in [-0.2, -0.15) is 0 Å². The molecule has 3 aromatic rings. The van der Waals surface area contributed by atoms with Crippen molar-refractivity contribution in [1.82, 2.24) is 5.32 Å². The Morgan fingerprint density at radius 2 is 1.63 bits per heavy atom. The highest BCUT2D eigenvalue weighted by Crippen LogP contribution is 2.20. The highest BCUT2D eigenvalue weighted by molar-refractivity contribution is 6.31. The van der Waals surface area contributed by atoms with Gasteiger partial charge in [0.25, 0.3) is 5.91 Å². The predicted molar refractivity (Wildman–Crippen MR) is 104 cm³/mol. The maximum Gasteiger partial charge on any atom is 0.344 e. The molecule has 6 heteroatoms. The topological polar surface area (TPSA) is 64.6 Å². The molecule has 3 aromatic carbocycles. The van der Waals surface area contributed by atoms with Gasteiger partial charge in [-0.3, -0.25) is 4.79 Å². The summed E-state index contributed by atoms with van der Waals surface area (Å²) >= 11 is 6.02. The average molecular weight is 384 g/mol. The van der Waals surface area contributed by atoms with Crippen LogP contribution in [0.25, 0.3) is 10.8 Å². The van der Waals surface area contributed by atoms with E-state index in [9.17, 15) is 9.59 Å². The smallest absolute Gasteiger partial charge is 0.344 e. The van der Waals surface area contributed by atoms with Gasteiger partial charge in [-0.1, -0.05) is 60.1 Å². The van der Waals surface area contributed by atoms with Crippen LogP contribution >= 0.6 is 11.6 Å². The number of carbonyl (C=O) groups is 2. The summed E-state index contributed by atoms with van der Waals surface area (Å²) in [5.41, 5.74) is 0.790. The minimum absolute atomic E-state index is 0.268. The number of hydrogen-bond acceptors (Lipinski definition) is 4. The van der Waals surface area contributed by atoms with Gasteiger partial charge >= 0.3 is 5.97 Å². The van der Waals surface area contributed by atoms with E-state index in [1.165, 1.54) is 0 Å². The molecule has 1 N–H and O–H groups in total. The first-order chi connectivity index (χ1) is 13.1. The molecule has 5 nitrogen and oxygen atoms in total. The van der Waals surface area contributed by atoms with Crippen LogP contribution in [0.4, 0.5) is 0 Å². The van der Waals surface area contributed by atoms with E-state index in [4.69, 9.17) is 21.1 Å². The normalized spacial score (nSPS) is 10.4. The second-order valence-electron chi connectivity index (χ2n) is 5.83.